The predicted octanol–water partition coefficient (Wildman–Crippen LogP) is 2.96. The summed E-state index contributed by atoms with van der Waals surface area (Å²) in [6.45, 7) is 3.73. The lowest BCUT2D eigenvalue weighted by Crippen LogP contribution is -2.29. The van der Waals surface area contributed by atoms with Crippen LogP contribution in [0.5, 0.6) is 0 Å². The van der Waals surface area contributed by atoms with E-state index in [0.29, 0.717) is 22.8 Å². The van der Waals surface area contributed by atoms with Gasteiger partial charge in [-0.2, -0.15) is 5.10 Å². The number of aromatic nitrogens is 2. The lowest BCUT2D eigenvalue weighted by atomic mass is 9.87. The molecule has 1 aliphatic heterocycles. The molecule has 0 radical (unpaired) electrons. The molecule has 3 rings (SSSR count). The monoisotopic (exact) mass is 360 g/mol. The zero-order valence-electron chi connectivity index (χ0n) is 14.5. The molecule has 132 valence electrons. The van der Waals surface area contributed by atoms with Crippen LogP contribution in [0.25, 0.3) is 0 Å². The third-order valence-corrected chi connectivity index (χ3v) is 5.25. The fourth-order valence-electron chi connectivity index (χ4n) is 3.12. The lowest BCUT2D eigenvalue weighted by molar-refractivity contribution is 0.0984. The highest BCUT2D eigenvalue weighted by Crippen LogP contribution is 2.36. The first-order valence-corrected chi connectivity index (χ1v) is 9.08. The molecule has 1 aromatic carbocycles. The third-order valence-electron chi connectivity index (χ3n) is 4.46. The fourth-order valence-corrected chi connectivity index (χ4v) is 4.10. The van der Waals surface area contributed by atoms with Crippen LogP contribution in [-0.4, -0.2) is 26.5 Å². The first-order chi connectivity index (χ1) is 11.8. The number of aryl methyl sites for hydroxylation is 2. The average Bonchev–Trinajstić information content (AvgIpc) is 2.87. The Kier molecular flexibility index (Phi) is 4.69. The van der Waals surface area contributed by atoms with Gasteiger partial charge in [-0.1, -0.05) is 17.8 Å². The van der Waals surface area contributed by atoms with Gasteiger partial charge in [-0.05, 0) is 44.0 Å². The summed E-state index contributed by atoms with van der Waals surface area (Å²) in [5.74, 6) is 0.425. The molecular weight excluding hydrogens is 339 g/mol. The summed E-state index contributed by atoms with van der Waals surface area (Å²) < 4.78 is 16.0. The van der Waals surface area contributed by atoms with Gasteiger partial charge in [0.05, 0.1) is 11.2 Å². The molecule has 0 saturated carbocycles. The molecule has 0 unspecified atom stereocenters. The van der Waals surface area contributed by atoms with Crippen LogP contribution in [0.4, 0.5) is 4.39 Å². The van der Waals surface area contributed by atoms with E-state index in [0.717, 1.165) is 17.0 Å². The minimum absolute atomic E-state index is 0.0481. The molecule has 0 saturated heterocycles. The van der Waals surface area contributed by atoms with E-state index in [4.69, 9.17) is 5.73 Å². The van der Waals surface area contributed by atoms with E-state index in [1.807, 2.05) is 13.8 Å². The van der Waals surface area contributed by atoms with Crippen LogP contribution in [0.2, 0.25) is 0 Å². The molecule has 0 bridgehead atoms. The average molecular weight is 360 g/mol. The number of Topliss-reactive ketones (excluding diaryl/α,β-unsaturated/α-hetero) is 1. The molecule has 2 aromatic rings. The summed E-state index contributed by atoms with van der Waals surface area (Å²) in [5.41, 5.74) is 7.73. The third kappa shape index (κ3) is 3.61. The van der Waals surface area contributed by atoms with Crippen LogP contribution in [0.1, 0.15) is 40.7 Å². The van der Waals surface area contributed by atoms with Crippen LogP contribution in [-0.2, 0) is 19.0 Å². The van der Waals surface area contributed by atoms with Crippen molar-refractivity contribution in [3.05, 3.63) is 52.6 Å². The number of thioether (sulfide) groups is 1. The zero-order valence-corrected chi connectivity index (χ0v) is 15.4. The molecule has 1 aromatic heterocycles. The second-order valence-electron chi connectivity index (χ2n) is 6.53. The van der Waals surface area contributed by atoms with Crippen LogP contribution >= 0.6 is 11.8 Å². The zero-order chi connectivity index (χ0) is 18.2. The van der Waals surface area contributed by atoms with E-state index in [9.17, 15) is 9.18 Å². The van der Waals surface area contributed by atoms with Crippen LogP contribution in [0, 0.1) is 12.7 Å². The van der Waals surface area contributed by atoms with Crippen LogP contribution < -0.4 is 5.73 Å². The molecule has 5 nitrogen and oxygen atoms in total. The maximum absolute atomic E-state index is 14.4. The Morgan fingerprint density at radius 3 is 2.84 bits per heavy atom. The molecular formula is C18H21FN4OS. The Bertz CT molecular complexity index is 861. The summed E-state index contributed by atoms with van der Waals surface area (Å²) in [4.78, 5) is 17.0. The number of nitrogens with two attached hydrogens (primary N) is 1. The van der Waals surface area contributed by atoms with Crippen LogP contribution in [0.3, 0.4) is 0 Å². The summed E-state index contributed by atoms with van der Waals surface area (Å²) in [7, 11) is 1.74. The van der Waals surface area contributed by atoms with Crippen molar-refractivity contribution < 1.29 is 9.18 Å². The minimum atomic E-state index is -0.693. The first-order valence-electron chi connectivity index (χ1n) is 8.09. The van der Waals surface area contributed by atoms with Crippen LogP contribution in [0.15, 0.2) is 29.3 Å². The SMILES string of the molecule is Cc1cc(C(=O)Cc2ccc(F)c([C@]3(C)CCSC(N)=N3)c2)n(C)n1. The van der Waals surface area contributed by atoms with Gasteiger partial charge in [-0.15, -0.1) is 0 Å². The molecule has 0 aliphatic carbocycles. The molecule has 25 heavy (non-hydrogen) atoms. The standard InChI is InChI=1S/C18H21FN4OS/c1-11-8-15(23(3)22-11)16(24)10-12-4-5-14(19)13(9-12)18(2)6-7-25-17(20)21-18/h4-5,8-9H,6-7,10H2,1-3H3,(H2,20,21)/t18-/m0/s1. The molecule has 2 heterocycles. The van der Waals surface area contributed by atoms with Crippen molar-refractivity contribution in [1.82, 2.24) is 9.78 Å². The van der Waals surface area contributed by atoms with Crippen molar-refractivity contribution in [3.8, 4) is 0 Å². The highest BCUT2D eigenvalue weighted by molar-refractivity contribution is 8.13. The molecule has 7 heteroatoms. The minimum Gasteiger partial charge on any atom is -0.379 e. The second-order valence-corrected chi connectivity index (χ2v) is 7.65. The Hall–Kier alpha value is -2.15. The van der Waals surface area contributed by atoms with E-state index < -0.39 is 5.54 Å². The number of hydrogen-bond acceptors (Lipinski definition) is 5. The van der Waals surface area contributed by atoms with E-state index in [1.165, 1.54) is 17.8 Å². The Labute approximate surface area is 150 Å². The summed E-state index contributed by atoms with van der Waals surface area (Å²) in [6.07, 6.45) is 0.893. The molecule has 0 fully saturated rings. The summed E-state index contributed by atoms with van der Waals surface area (Å²) in [6, 6.07) is 6.56. The lowest BCUT2D eigenvalue weighted by Gasteiger charge is -2.30. The molecule has 0 spiro atoms. The van der Waals surface area contributed by atoms with Gasteiger partial charge in [0.25, 0.3) is 0 Å². The normalized spacial score (nSPS) is 20.4. The Morgan fingerprint density at radius 2 is 2.20 bits per heavy atom. The Morgan fingerprint density at radius 1 is 1.44 bits per heavy atom. The van der Waals surface area contributed by atoms with Crippen molar-refractivity contribution in [2.75, 3.05) is 5.75 Å². The van der Waals surface area contributed by atoms with E-state index in [-0.39, 0.29) is 18.0 Å². The van der Waals surface area contributed by atoms with E-state index in [1.54, 1.807) is 29.9 Å². The second kappa shape index (κ2) is 6.63. The van der Waals surface area contributed by atoms with E-state index >= 15 is 0 Å². The fraction of sp³-hybridized carbons (Fsp3) is 0.389. The van der Waals surface area contributed by atoms with Gasteiger partial charge in [-0.3, -0.25) is 14.5 Å². The number of carbonyl (C=O) groups excluding carboxylic acids is 1. The Balaban J connectivity index is 1.91. The number of rotatable bonds is 4. The highest BCUT2D eigenvalue weighted by atomic mass is 32.2. The largest absolute Gasteiger partial charge is 0.379 e. The van der Waals surface area contributed by atoms with Crippen molar-refractivity contribution in [2.45, 2.75) is 32.2 Å². The molecule has 1 aliphatic rings. The van der Waals surface area contributed by atoms with Crippen molar-refractivity contribution in [3.63, 3.8) is 0 Å². The van der Waals surface area contributed by atoms with Crippen molar-refractivity contribution >= 4 is 22.7 Å². The van der Waals surface area contributed by atoms with E-state index in [2.05, 4.69) is 10.1 Å². The van der Waals surface area contributed by atoms with Gasteiger partial charge >= 0.3 is 0 Å². The van der Waals surface area contributed by atoms with Gasteiger partial charge in [0.15, 0.2) is 11.0 Å². The maximum atomic E-state index is 14.4. The number of ketones is 1. The highest BCUT2D eigenvalue weighted by Gasteiger charge is 2.32. The first kappa shape index (κ1) is 17.7. The number of hydrogen-bond donors (Lipinski definition) is 1. The quantitative estimate of drug-likeness (QED) is 0.851. The molecule has 1 atom stereocenters. The van der Waals surface area contributed by atoms with Gasteiger partial charge < -0.3 is 5.73 Å². The predicted molar refractivity (Wildman–Crippen MR) is 98.4 cm³/mol. The van der Waals surface area contributed by atoms with Gasteiger partial charge in [-0.25, -0.2) is 4.39 Å². The number of nitrogens with zero attached hydrogens (tertiary/aromatic N) is 3. The number of aliphatic imine (C=N–C) groups is 1. The van der Waals surface area contributed by atoms with Crippen molar-refractivity contribution in [2.24, 2.45) is 17.8 Å². The molecule has 0 amide bonds. The number of amidine groups is 1. The van der Waals surface area contributed by atoms with Gasteiger partial charge in [0.1, 0.15) is 11.5 Å². The number of halogens is 1. The van der Waals surface area contributed by atoms with Gasteiger partial charge in [0.2, 0.25) is 0 Å². The summed E-state index contributed by atoms with van der Waals surface area (Å²) in [5, 5.41) is 4.67. The topological polar surface area (TPSA) is 73.3 Å². The maximum Gasteiger partial charge on any atom is 0.185 e. The van der Waals surface area contributed by atoms with Crippen molar-refractivity contribution in [1.29, 1.82) is 0 Å². The number of carbonyl (C=O) groups is 1. The number of benzene rings is 1. The summed E-state index contributed by atoms with van der Waals surface area (Å²) >= 11 is 1.48. The molecule has 2 N–H and O–H groups in total. The van der Waals surface area contributed by atoms with Gasteiger partial charge in [0, 0.05) is 24.8 Å². The smallest absolute Gasteiger partial charge is 0.185 e.